The number of carbonyl (C=O) groups is 1. The summed E-state index contributed by atoms with van der Waals surface area (Å²) < 4.78 is 10.6. The van der Waals surface area contributed by atoms with E-state index in [1.165, 1.54) is 0 Å². The number of ether oxygens (including phenoxy) is 2. The molecule has 1 N–H and O–H groups in total. The van der Waals surface area contributed by atoms with Gasteiger partial charge < -0.3 is 14.6 Å². The highest BCUT2D eigenvalue weighted by molar-refractivity contribution is 5.83. The molecule has 3 rings (SSSR count). The van der Waals surface area contributed by atoms with E-state index < -0.39 is 11.4 Å². The predicted octanol–water partition coefficient (Wildman–Crippen LogP) is 2.95. The highest BCUT2D eigenvalue weighted by Gasteiger charge is 2.51. The number of carboxylic acids is 1. The van der Waals surface area contributed by atoms with Crippen molar-refractivity contribution in [1.82, 2.24) is 0 Å². The van der Waals surface area contributed by atoms with Gasteiger partial charge in [0.2, 0.25) is 6.79 Å². The van der Waals surface area contributed by atoms with Crippen molar-refractivity contribution in [2.75, 3.05) is 6.79 Å². The third-order valence-corrected chi connectivity index (χ3v) is 4.31. The van der Waals surface area contributed by atoms with Crippen LogP contribution in [0.15, 0.2) is 18.2 Å². The van der Waals surface area contributed by atoms with Crippen LogP contribution in [0.4, 0.5) is 0 Å². The molecule has 102 valence electrons. The van der Waals surface area contributed by atoms with E-state index in [1.807, 2.05) is 18.2 Å². The molecule has 2 aliphatic rings. The zero-order valence-corrected chi connectivity index (χ0v) is 11.0. The van der Waals surface area contributed by atoms with Gasteiger partial charge in [-0.2, -0.15) is 0 Å². The Hall–Kier alpha value is -1.71. The number of carboxylic acid groups (broad SMARTS) is 1. The molecule has 1 aromatic carbocycles. The maximum Gasteiger partial charge on any atom is 0.314 e. The number of hydrogen-bond acceptors (Lipinski definition) is 3. The summed E-state index contributed by atoms with van der Waals surface area (Å²) in [6.45, 7) is 2.36. The molecule has 1 aromatic rings. The fraction of sp³-hybridized carbons (Fsp3) is 0.533. The molecule has 1 heterocycles. The van der Waals surface area contributed by atoms with Crippen molar-refractivity contribution >= 4 is 5.97 Å². The lowest BCUT2D eigenvalue weighted by Gasteiger charge is -2.45. The summed E-state index contributed by atoms with van der Waals surface area (Å²) in [5.74, 6) is 1.18. The van der Waals surface area contributed by atoms with Gasteiger partial charge in [-0.15, -0.1) is 0 Å². The summed E-state index contributed by atoms with van der Waals surface area (Å²) >= 11 is 0. The second-order valence-electron chi connectivity index (χ2n) is 5.52. The molecule has 1 aliphatic carbocycles. The zero-order chi connectivity index (χ0) is 13.5. The molecule has 19 heavy (non-hydrogen) atoms. The first-order valence-corrected chi connectivity index (χ1v) is 6.79. The Bertz CT molecular complexity index is 503. The lowest BCUT2D eigenvalue weighted by molar-refractivity contribution is -0.150. The second-order valence-corrected chi connectivity index (χ2v) is 5.52. The average molecular weight is 262 g/mol. The van der Waals surface area contributed by atoms with E-state index in [4.69, 9.17) is 9.47 Å². The highest BCUT2D eigenvalue weighted by atomic mass is 16.7. The maximum atomic E-state index is 11.7. The average Bonchev–Trinajstić information content (AvgIpc) is 2.79. The molecule has 4 heteroatoms. The van der Waals surface area contributed by atoms with E-state index in [1.54, 1.807) is 0 Å². The molecule has 0 aromatic heterocycles. The Morgan fingerprint density at radius 3 is 2.79 bits per heavy atom. The standard InChI is InChI=1S/C15H18O4/c1-2-3-10-7-15(8-10,14(16)17)11-4-5-12-13(6-11)19-9-18-12/h4-6,10H,2-3,7-9H2,1H3,(H,16,17). The van der Waals surface area contributed by atoms with Crippen LogP contribution in [0.3, 0.4) is 0 Å². The number of hydrogen-bond donors (Lipinski definition) is 1. The summed E-state index contributed by atoms with van der Waals surface area (Å²) in [5.41, 5.74) is 0.123. The van der Waals surface area contributed by atoms with Crippen molar-refractivity contribution in [2.24, 2.45) is 5.92 Å². The van der Waals surface area contributed by atoms with Crippen LogP contribution in [0.25, 0.3) is 0 Å². The van der Waals surface area contributed by atoms with Crippen LogP contribution in [-0.2, 0) is 10.2 Å². The minimum absolute atomic E-state index is 0.220. The summed E-state index contributed by atoms with van der Waals surface area (Å²) in [6.07, 6.45) is 3.69. The molecule has 0 amide bonds. The van der Waals surface area contributed by atoms with Crippen LogP contribution in [0.1, 0.15) is 38.2 Å². The summed E-state index contributed by atoms with van der Waals surface area (Å²) in [4.78, 5) is 11.7. The molecule has 1 fully saturated rings. The van der Waals surface area contributed by atoms with Gasteiger partial charge in [-0.1, -0.05) is 25.8 Å². The minimum atomic E-state index is -0.723. The van der Waals surface area contributed by atoms with Crippen molar-refractivity contribution in [3.05, 3.63) is 23.8 Å². The van der Waals surface area contributed by atoms with Gasteiger partial charge in [0.25, 0.3) is 0 Å². The van der Waals surface area contributed by atoms with Gasteiger partial charge in [-0.05, 0) is 36.5 Å². The number of aliphatic carboxylic acids is 1. The molecule has 0 radical (unpaired) electrons. The first kappa shape index (κ1) is 12.3. The first-order chi connectivity index (χ1) is 9.15. The smallest absolute Gasteiger partial charge is 0.314 e. The van der Waals surface area contributed by atoms with Gasteiger partial charge in [-0.25, -0.2) is 0 Å². The van der Waals surface area contributed by atoms with Gasteiger partial charge in [0.15, 0.2) is 11.5 Å². The van der Waals surface area contributed by atoms with Gasteiger partial charge in [0.05, 0.1) is 5.41 Å². The molecular formula is C15H18O4. The summed E-state index contributed by atoms with van der Waals surface area (Å²) in [5, 5.41) is 9.60. The number of rotatable bonds is 4. The molecule has 0 saturated heterocycles. The maximum absolute atomic E-state index is 11.7. The topological polar surface area (TPSA) is 55.8 Å². The van der Waals surface area contributed by atoms with E-state index in [0.717, 1.165) is 31.2 Å². The van der Waals surface area contributed by atoms with Crippen molar-refractivity contribution < 1.29 is 19.4 Å². The SMILES string of the molecule is CCCC1CC(C(=O)O)(c2ccc3c(c2)OCO3)C1. The fourth-order valence-electron chi connectivity index (χ4n) is 3.27. The lowest BCUT2D eigenvalue weighted by Crippen LogP contribution is -2.47. The van der Waals surface area contributed by atoms with Crippen LogP contribution in [-0.4, -0.2) is 17.9 Å². The minimum Gasteiger partial charge on any atom is -0.481 e. The van der Waals surface area contributed by atoms with Gasteiger partial charge in [0.1, 0.15) is 0 Å². The monoisotopic (exact) mass is 262 g/mol. The number of fused-ring (bicyclic) bond motifs is 1. The Morgan fingerprint density at radius 2 is 2.11 bits per heavy atom. The van der Waals surface area contributed by atoms with Crippen molar-refractivity contribution in [2.45, 2.75) is 38.0 Å². The number of benzene rings is 1. The first-order valence-electron chi connectivity index (χ1n) is 6.79. The summed E-state index contributed by atoms with van der Waals surface area (Å²) in [6, 6.07) is 5.51. The van der Waals surface area contributed by atoms with E-state index in [-0.39, 0.29) is 6.79 Å². The van der Waals surface area contributed by atoms with E-state index in [2.05, 4.69) is 6.92 Å². The fourth-order valence-corrected chi connectivity index (χ4v) is 3.27. The van der Waals surface area contributed by atoms with Gasteiger partial charge in [-0.3, -0.25) is 4.79 Å². The molecular weight excluding hydrogens is 244 g/mol. The van der Waals surface area contributed by atoms with Gasteiger partial charge >= 0.3 is 5.97 Å². The normalized spacial score (nSPS) is 27.9. The summed E-state index contributed by atoms with van der Waals surface area (Å²) in [7, 11) is 0. The highest BCUT2D eigenvalue weighted by Crippen LogP contribution is 2.51. The van der Waals surface area contributed by atoms with Gasteiger partial charge in [0, 0.05) is 0 Å². The Morgan fingerprint density at radius 1 is 1.37 bits per heavy atom. The molecule has 4 nitrogen and oxygen atoms in total. The molecule has 1 aliphatic heterocycles. The molecule has 0 unspecified atom stereocenters. The van der Waals surface area contributed by atoms with Crippen LogP contribution in [0.5, 0.6) is 11.5 Å². The Balaban J connectivity index is 1.88. The molecule has 0 atom stereocenters. The third kappa shape index (κ3) is 1.86. The van der Waals surface area contributed by atoms with Crippen molar-refractivity contribution in [1.29, 1.82) is 0 Å². The Labute approximate surface area is 112 Å². The van der Waals surface area contributed by atoms with E-state index in [0.29, 0.717) is 17.4 Å². The van der Waals surface area contributed by atoms with Crippen molar-refractivity contribution in [3.63, 3.8) is 0 Å². The second kappa shape index (κ2) is 4.44. The molecule has 0 spiro atoms. The Kier molecular flexibility index (Phi) is 2.88. The van der Waals surface area contributed by atoms with Crippen LogP contribution >= 0.6 is 0 Å². The third-order valence-electron chi connectivity index (χ3n) is 4.31. The predicted molar refractivity (Wildman–Crippen MR) is 69.5 cm³/mol. The van der Waals surface area contributed by atoms with E-state index in [9.17, 15) is 9.90 Å². The lowest BCUT2D eigenvalue weighted by atomic mass is 9.57. The van der Waals surface area contributed by atoms with Crippen LogP contribution in [0, 0.1) is 5.92 Å². The van der Waals surface area contributed by atoms with Crippen LogP contribution in [0.2, 0.25) is 0 Å². The molecule has 1 saturated carbocycles. The quantitative estimate of drug-likeness (QED) is 0.906. The zero-order valence-electron chi connectivity index (χ0n) is 11.0. The molecule has 0 bridgehead atoms. The van der Waals surface area contributed by atoms with Crippen LogP contribution < -0.4 is 9.47 Å². The largest absolute Gasteiger partial charge is 0.481 e. The van der Waals surface area contributed by atoms with E-state index >= 15 is 0 Å². The van der Waals surface area contributed by atoms with Crippen molar-refractivity contribution in [3.8, 4) is 11.5 Å².